The van der Waals surface area contributed by atoms with Gasteiger partial charge in [-0.2, -0.15) is 0 Å². The summed E-state index contributed by atoms with van der Waals surface area (Å²) in [4.78, 5) is 0. The lowest BCUT2D eigenvalue weighted by Gasteiger charge is -2.41. The standard InChI is InChI=1S/C18H38N2O4/c1-2-3-4-5-6-7-8-9-10-11-12-20-18-15(19)17(23)16(22)14(13-21)24-18/h14-18,20-23H,2-13,19H2,1H3/t14-,15-,16-,17-,18?/m1/s1. The molecular formula is C18H38N2O4. The Morgan fingerprint density at radius 2 is 1.42 bits per heavy atom. The van der Waals surface area contributed by atoms with Crippen molar-refractivity contribution in [2.24, 2.45) is 5.73 Å². The molecule has 1 heterocycles. The number of nitrogens with two attached hydrogens (primary N) is 1. The fourth-order valence-electron chi connectivity index (χ4n) is 3.18. The molecule has 5 atom stereocenters. The van der Waals surface area contributed by atoms with Crippen LogP contribution in [0, 0.1) is 0 Å². The number of hydrogen-bond acceptors (Lipinski definition) is 6. The highest BCUT2D eigenvalue weighted by Gasteiger charge is 2.41. The van der Waals surface area contributed by atoms with Crippen LogP contribution in [0.5, 0.6) is 0 Å². The lowest BCUT2D eigenvalue weighted by Crippen LogP contribution is -2.65. The Morgan fingerprint density at radius 3 is 1.96 bits per heavy atom. The molecule has 1 saturated heterocycles. The van der Waals surface area contributed by atoms with E-state index in [4.69, 9.17) is 10.5 Å². The largest absolute Gasteiger partial charge is 0.394 e. The SMILES string of the molecule is CCCCCCCCCCCCNC1O[C@H](CO)[C@@H](O)[C@H](O)[C@H]1N. The van der Waals surface area contributed by atoms with Crippen molar-refractivity contribution in [2.75, 3.05) is 13.2 Å². The van der Waals surface area contributed by atoms with Crippen molar-refractivity contribution >= 4 is 0 Å². The molecule has 0 radical (unpaired) electrons. The number of hydrogen-bond donors (Lipinski definition) is 5. The number of ether oxygens (including phenoxy) is 1. The first-order valence-corrected chi connectivity index (χ1v) is 9.73. The molecule has 6 N–H and O–H groups in total. The van der Waals surface area contributed by atoms with E-state index in [1.807, 2.05) is 0 Å². The molecule has 0 aliphatic carbocycles. The third-order valence-electron chi connectivity index (χ3n) is 4.85. The molecule has 0 spiro atoms. The van der Waals surface area contributed by atoms with Gasteiger partial charge in [-0.25, -0.2) is 0 Å². The van der Waals surface area contributed by atoms with Crippen LogP contribution >= 0.6 is 0 Å². The monoisotopic (exact) mass is 346 g/mol. The van der Waals surface area contributed by atoms with Crippen LogP contribution in [-0.4, -0.2) is 59.1 Å². The lowest BCUT2D eigenvalue weighted by atomic mass is 9.97. The summed E-state index contributed by atoms with van der Waals surface area (Å²) in [6, 6.07) is -0.689. The van der Waals surface area contributed by atoms with Crippen LogP contribution < -0.4 is 11.1 Å². The van der Waals surface area contributed by atoms with Gasteiger partial charge in [-0.05, 0) is 13.0 Å². The van der Waals surface area contributed by atoms with E-state index in [0.717, 1.165) is 13.0 Å². The summed E-state index contributed by atoms with van der Waals surface area (Å²) in [7, 11) is 0. The van der Waals surface area contributed by atoms with Crippen molar-refractivity contribution in [3.05, 3.63) is 0 Å². The fraction of sp³-hybridized carbons (Fsp3) is 1.00. The van der Waals surface area contributed by atoms with E-state index < -0.39 is 30.6 Å². The third kappa shape index (κ3) is 7.76. The molecule has 0 aromatic carbocycles. The van der Waals surface area contributed by atoms with Crippen LogP contribution in [0.1, 0.15) is 71.1 Å². The van der Waals surface area contributed by atoms with E-state index in [-0.39, 0.29) is 6.61 Å². The molecule has 0 aromatic heterocycles. The Hall–Kier alpha value is -0.240. The molecule has 1 aliphatic rings. The molecule has 0 amide bonds. The highest BCUT2D eigenvalue weighted by atomic mass is 16.5. The highest BCUT2D eigenvalue weighted by Crippen LogP contribution is 2.18. The van der Waals surface area contributed by atoms with Crippen LogP contribution in [-0.2, 0) is 4.74 Å². The molecule has 6 heteroatoms. The zero-order valence-corrected chi connectivity index (χ0v) is 15.2. The molecule has 144 valence electrons. The summed E-state index contributed by atoms with van der Waals surface area (Å²) in [5, 5.41) is 32.0. The van der Waals surface area contributed by atoms with Crippen LogP contribution in [0.3, 0.4) is 0 Å². The molecule has 1 unspecified atom stereocenters. The van der Waals surface area contributed by atoms with E-state index in [9.17, 15) is 15.3 Å². The Labute approximate surface area is 146 Å². The van der Waals surface area contributed by atoms with Crippen LogP contribution in [0.25, 0.3) is 0 Å². The number of unbranched alkanes of at least 4 members (excludes halogenated alkanes) is 9. The van der Waals surface area contributed by atoms with Crippen molar-refractivity contribution in [1.82, 2.24) is 5.32 Å². The molecule has 0 aromatic rings. The molecule has 24 heavy (non-hydrogen) atoms. The normalized spacial score (nSPS) is 30.6. The number of aliphatic hydroxyl groups is 3. The second-order valence-corrected chi connectivity index (χ2v) is 6.97. The minimum absolute atomic E-state index is 0.332. The predicted octanol–water partition coefficient (Wildman–Crippen LogP) is 1.26. The maximum atomic E-state index is 9.89. The minimum atomic E-state index is -1.14. The molecule has 1 aliphatic heterocycles. The Kier molecular flexibility index (Phi) is 11.8. The van der Waals surface area contributed by atoms with Gasteiger partial charge in [0.1, 0.15) is 24.5 Å². The van der Waals surface area contributed by atoms with Gasteiger partial charge in [-0.1, -0.05) is 64.7 Å². The van der Waals surface area contributed by atoms with Crippen molar-refractivity contribution < 1.29 is 20.1 Å². The van der Waals surface area contributed by atoms with Gasteiger partial charge in [-0.3, -0.25) is 5.32 Å². The van der Waals surface area contributed by atoms with Crippen LogP contribution in [0.4, 0.5) is 0 Å². The first-order chi connectivity index (χ1) is 11.6. The Bertz CT molecular complexity index is 305. The van der Waals surface area contributed by atoms with Gasteiger partial charge in [0.15, 0.2) is 0 Å². The smallest absolute Gasteiger partial charge is 0.126 e. The van der Waals surface area contributed by atoms with Crippen molar-refractivity contribution in [2.45, 2.75) is 102 Å². The fourth-order valence-corrected chi connectivity index (χ4v) is 3.18. The molecule has 1 rings (SSSR count). The maximum Gasteiger partial charge on any atom is 0.126 e. The van der Waals surface area contributed by atoms with E-state index in [2.05, 4.69) is 12.2 Å². The van der Waals surface area contributed by atoms with E-state index in [1.54, 1.807) is 0 Å². The lowest BCUT2D eigenvalue weighted by molar-refractivity contribution is -0.196. The zero-order valence-electron chi connectivity index (χ0n) is 15.2. The summed E-state index contributed by atoms with van der Waals surface area (Å²) in [6.07, 6.45) is 9.29. The first-order valence-electron chi connectivity index (χ1n) is 9.73. The summed E-state index contributed by atoms with van der Waals surface area (Å²) in [5.74, 6) is 0. The number of nitrogens with one attached hydrogen (secondary N) is 1. The van der Waals surface area contributed by atoms with Gasteiger partial charge >= 0.3 is 0 Å². The molecule has 0 bridgehead atoms. The minimum Gasteiger partial charge on any atom is -0.394 e. The van der Waals surface area contributed by atoms with Gasteiger partial charge < -0.3 is 25.8 Å². The third-order valence-corrected chi connectivity index (χ3v) is 4.85. The van der Waals surface area contributed by atoms with Crippen LogP contribution in [0.2, 0.25) is 0 Å². The summed E-state index contributed by atoms with van der Waals surface area (Å²) in [6.45, 7) is 2.67. The van der Waals surface area contributed by atoms with Gasteiger partial charge in [0, 0.05) is 0 Å². The zero-order chi connectivity index (χ0) is 17.8. The topological polar surface area (TPSA) is 108 Å². The summed E-state index contributed by atoms with van der Waals surface area (Å²) < 4.78 is 5.53. The predicted molar refractivity (Wildman–Crippen MR) is 95.6 cm³/mol. The van der Waals surface area contributed by atoms with E-state index in [0.29, 0.717) is 0 Å². The van der Waals surface area contributed by atoms with Gasteiger partial charge in [0.25, 0.3) is 0 Å². The van der Waals surface area contributed by atoms with Crippen molar-refractivity contribution in [1.29, 1.82) is 0 Å². The molecule has 0 saturated carbocycles. The van der Waals surface area contributed by atoms with E-state index in [1.165, 1.54) is 57.8 Å². The second-order valence-electron chi connectivity index (χ2n) is 6.97. The Morgan fingerprint density at radius 1 is 0.875 bits per heavy atom. The van der Waals surface area contributed by atoms with Crippen molar-refractivity contribution in [3.63, 3.8) is 0 Å². The van der Waals surface area contributed by atoms with Crippen molar-refractivity contribution in [3.8, 4) is 0 Å². The van der Waals surface area contributed by atoms with Crippen LogP contribution in [0.15, 0.2) is 0 Å². The molecule has 6 nitrogen and oxygen atoms in total. The van der Waals surface area contributed by atoms with Gasteiger partial charge in [0.2, 0.25) is 0 Å². The quantitative estimate of drug-likeness (QED) is 0.321. The number of rotatable bonds is 13. The maximum absolute atomic E-state index is 9.89. The summed E-state index contributed by atoms with van der Waals surface area (Å²) >= 11 is 0. The molecular weight excluding hydrogens is 308 g/mol. The van der Waals surface area contributed by atoms with Gasteiger partial charge in [0.05, 0.1) is 12.6 Å². The highest BCUT2D eigenvalue weighted by molar-refractivity contribution is 4.93. The number of aliphatic hydroxyl groups excluding tert-OH is 3. The first kappa shape index (κ1) is 21.8. The molecule has 1 fully saturated rings. The average molecular weight is 347 g/mol. The second kappa shape index (κ2) is 13.0. The average Bonchev–Trinajstić information content (AvgIpc) is 2.59. The Balaban J connectivity index is 2.02. The van der Waals surface area contributed by atoms with E-state index >= 15 is 0 Å². The van der Waals surface area contributed by atoms with Gasteiger partial charge in [-0.15, -0.1) is 0 Å². The summed E-state index contributed by atoms with van der Waals surface area (Å²) in [5.41, 5.74) is 5.88.